The van der Waals surface area contributed by atoms with Gasteiger partial charge in [0.1, 0.15) is 6.10 Å². The van der Waals surface area contributed by atoms with Crippen LogP contribution in [0.2, 0.25) is 0 Å². The molecule has 94 valence electrons. The molecule has 6 nitrogen and oxygen atoms in total. The summed E-state index contributed by atoms with van der Waals surface area (Å²) in [4.78, 5) is 21.3. The van der Waals surface area contributed by atoms with Gasteiger partial charge in [-0.2, -0.15) is 0 Å². The van der Waals surface area contributed by atoms with Gasteiger partial charge in [0, 0.05) is 13.0 Å². The van der Waals surface area contributed by atoms with Crippen LogP contribution in [-0.4, -0.2) is 47.2 Å². The van der Waals surface area contributed by atoms with Crippen LogP contribution in [0.25, 0.3) is 0 Å². The fourth-order valence-corrected chi connectivity index (χ4v) is 0.835. The van der Waals surface area contributed by atoms with Crippen LogP contribution in [0, 0.1) is 0 Å². The van der Waals surface area contributed by atoms with E-state index in [0.717, 1.165) is 0 Å². The molecule has 5 N–H and O–H groups in total. The zero-order valence-electron chi connectivity index (χ0n) is 8.40. The van der Waals surface area contributed by atoms with Gasteiger partial charge in [-0.1, -0.05) is 0 Å². The van der Waals surface area contributed by atoms with Crippen LogP contribution in [0.4, 0.5) is 8.78 Å². The van der Waals surface area contributed by atoms with Gasteiger partial charge >= 0.3 is 5.97 Å². The normalized spacial score (nSPS) is 14.6. The Bertz CT molecular complexity index is 250. The van der Waals surface area contributed by atoms with Crippen LogP contribution in [0.1, 0.15) is 12.8 Å². The van der Waals surface area contributed by atoms with Crippen LogP contribution in [0.3, 0.4) is 0 Å². The molecule has 0 rings (SSSR count). The molecule has 0 aromatic rings. The Balaban J connectivity index is 3.83. The predicted octanol–water partition coefficient (Wildman–Crippen LogP) is -1.08. The Hall–Kier alpha value is -1.28. The summed E-state index contributed by atoms with van der Waals surface area (Å²) < 4.78 is 23.6. The van der Waals surface area contributed by atoms with Gasteiger partial charge in [0.2, 0.25) is 5.91 Å². The molecule has 0 radical (unpaired) electrons. The molecular formula is C8H14F2N2O4. The van der Waals surface area contributed by atoms with E-state index in [4.69, 9.17) is 15.9 Å². The van der Waals surface area contributed by atoms with Crippen molar-refractivity contribution in [1.29, 1.82) is 0 Å². The van der Waals surface area contributed by atoms with Crippen molar-refractivity contribution in [2.75, 3.05) is 6.54 Å². The minimum Gasteiger partial charge on any atom is -0.481 e. The SMILES string of the molecule is NC(CCC(=O)O)C(=O)NCC(O)C(F)F. The van der Waals surface area contributed by atoms with Gasteiger partial charge in [0.05, 0.1) is 6.04 Å². The van der Waals surface area contributed by atoms with E-state index in [1.165, 1.54) is 0 Å². The molecule has 0 aliphatic heterocycles. The standard InChI is InChI=1S/C8H14F2N2O4/c9-7(10)5(13)3-12-8(16)4(11)1-2-6(14)15/h4-5,7,13H,1-3,11H2,(H,12,16)(H,14,15). The first-order chi connectivity index (χ1) is 7.34. The highest BCUT2D eigenvalue weighted by atomic mass is 19.3. The first-order valence-electron chi connectivity index (χ1n) is 4.56. The highest BCUT2D eigenvalue weighted by Crippen LogP contribution is 1.99. The summed E-state index contributed by atoms with van der Waals surface area (Å²) in [6, 6.07) is -1.08. The van der Waals surface area contributed by atoms with Gasteiger partial charge in [-0.15, -0.1) is 0 Å². The number of carbonyl (C=O) groups excluding carboxylic acids is 1. The van der Waals surface area contributed by atoms with E-state index in [9.17, 15) is 18.4 Å². The fourth-order valence-electron chi connectivity index (χ4n) is 0.835. The monoisotopic (exact) mass is 240 g/mol. The van der Waals surface area contributed by atoms with Gasteiger partial charge in [-0.25, -0.2) is 8.78 Å². The summed E-state index contributed by atoms with van der Waals surface area (Å²) in [5, 5.41) is 19.0. The van der Waals surface area contributed by atoms with E-state index in [-0.39, 0.29) is 12.8 Å². The van der Waals surface area contributed by atoms with Crippen molar-refractivity contribution in [1.82, 2.24) is 5.32 Å². The number of hydrogen-bond donors (Lipinski definition) is 4. The molecule has 0 aliphatic carbocycles. The molecule has 1 amide bonds. The van der Waals surface area contributed by atoms with Crippen molar-refractivity contribution >= 4 is 11.9 Å². The Kier molecular flexibility index (Phi) is 6.50. The lowest BCUT2D eigenvalue weighted by Crippen LogP contribution is -2.44. The molecule has 0 aromatic heterocycles. The number of rotatable bonds is 7. The molecular weight excluding hydrogens is 226 g/mol. The van der Waals surface area contributed by atoms with E-state index in [0.29, 0.717) is 0 Å². The summed E-state index contributed by atoms with van der Waals surface area (Å²) in [7, 11) is 0. The summed E-state index contributed by atoms with van der Waals surface area (Å²) in [5.41, 5.74) is 5.28. The minimum atomic E-state index is -2.95. The molecule has 0 fully saturated rings. The first kappa shape index (κ1) is 14.7. The van der Waals surface area contributed by atoms with Gasteiger partial charge in [-0.05, 0) is 6.42 Å². The molecule has 0 heterocycles. The summed E-state index contributed by atoms with van der Waals surface area (Å²) >= 11 is 0. The van der Waals surface area contributed by atoms with Crippen LogP contribution >= 0.6 is 0 Å². The topological polar surface area (TPSA) is 113 Å². The maximum atomic E-state index is 11.8. The quantitative estimate of drug-likeness (QED) is 0.452. The van der Waals surface area contributed by atoms with Gasteiger partial charge in [0.15, 0.2) is 0 Å². The largest absolute Gasteiger partial charge is 0.481 e. The highest BCUT2D eigenvalue weighted by molar-refractivity contribution is 5.82. The minimum absolute atomic E-state index is 0.0913. The van der Waals surface area contributed by atoms with Crippen molar-refractivity contribution in [2.45, 2.75) is 31.4 Å². The Morgan fingerprint density at radius 3 is 2.38 bits per heavy atom. The third-order valence-electron chi connectivity index (χ3n) is 1.78. The van der Waals surface area contributed by atoms with Crippen molar-refractivity contribution in [2.24, 2.45) is 5.73 Å². The molecule has 0 aromatic carbocycles. The highest BCUT2D eigenvalue weighted by Gasteiger charge is 2.20. The number of aliphatic hydroxyl groups excluding tert-OH is 1. The number of carbonyl (C=O) groups is 2. The van der Waals surface area contributed by atoms with Gasteiger partial charge < -0.3 is 21.3 Å². The van der Waals surface area contributed by atoms with E-state index >= 15 is 0 Å². The smallest absolute Gasteiger partial charge is 0.303 e. The lowest BCUT2D eigenvalue weighted by molar-refractivity contribution is -0.137. The molecule has 0 saturated carbocycles. The van der Waals surface area contributed by atoms with Crippen molar-refractivity contribution in [3.8, 4) is 0 Å². The second-order valence-corrected chi connectivity index (χ2v) is 3.19. The average molecular weight is 240 g/mol. The molecule has 0 bridgehead atoms. The number of alkyl halides is 2. The first-order valence-corrected chi connectivity index (χ1v) is 4.56. The summed E-state index contributed by atoms with van der Waals surface area (Å²) in [6.45, 7) is -0.614. The average Bonchev–Trinajstić information content (AvgIpc) is 2.21. The second-order valence-electron chi connectivity index (χ2n) is 3.19. The Morgan fingerprint density at radius 2 is 1.94 bits per heavy atom. The molecule has 2 unspecified atom stereocenters. The number of carboxylic acid groups (broad SMARTS) is 1. The van der Waals surface area contributed by atoms with Crippen LogP contribution in [0.5, 0.6) is 0 Å². The fraction of sp³-hybridized carbons (Fsp3) is 0.750. The van der Waals surface area contributed by atoms with Crippen LogP contribution in [-0.2, 0) is 9.59 Å². The van der Waals surface area contributed by atoms with E-state index in [1.807, 2.05) is 5.32 Å². The van der Waals surface area contributed by atoms with Crippen LogP contribution in [0.15, 0.2) is 0 Å². The lowest BCUT2D eigenvalue weighted by Gasteiger charge is -2.14. The predicted molar refractivity (Wildman–Crippen MR) is 49.9 cm³/mol. The Labute approximate surface area is 90.4 Å². The Morgan fingerprint density at radius 1 is 1.38 bits per heavy atom. The number of halogens is 2. The zero-order chi connectivity index (χ0) is 12.7. The number of amides is 1. The number of nitrogens with one attached hydrogen (secondary N) is 1. The number of nitrogens with two attached hydrogens (primary N) is 1. The number of hydrogen-bond acceptors (Lipinski definition) is 4. The number of carboxylic acids is 1. The van der Waals surface area contributed by atoms with Crippen molar-refractivity contribution in [3.63, 3.8) is 0 Å². The number of aliphatic carboxylic acids is 1. The summed E-state index contributed by atoms with van der Waals surface area (Å²) in [6.07, 6.45) is -5.27. The zero-order valence-corrected chi connectivity index (χ0v) is 8.40. The van der Waals surface area contributed by atoms with E-state index in [1.54, 1.807) is 0 Å². The van der Waals surface area contributed by atoms with Gasteiger partial charge in [0.25, 0.3) is 6.43 Å². The maximum Gasteiger partial charge on any atom is 0.303 e. The third-order valence-corrected chi connectivity index (χ3v) is 1.78. The summed E-state index contributed by atoms with van der Waals surface area (Å²) in [5.74, 6) is -1.86. The van der Waals surface area contributed by atoms with E-state index in [2.05, 4.69) is 0 Å². The molecule has 2 atom stereocenters. The van der Waals surface area contributed by atoms with Crippen molar-refractivity contribution in [3.05, 3.63) is 0 Å². The molecule has 0 aliphatic rings. The van der Waals surface area contributed by atoms with Crippen LogP contribution < -0.4 is 11.1 Å². The number of aliphatic hydroxyl groups is 1. The second kappa shape index (κ2) is 7.07. The molecule has 0 spiro atoms. The molecule has 16 heavy (non-hydrogen) atoms. The van der Waals surface area contributed by atoms with Crippen molar-refractivity contribution < 1.29 is 28.6 Å². The molecule has 8 heteroatoms. The third kappa shape index (κ3) is 6.25. The van der Waals surface area contributed by atoms with Gasteiger partial charge in [-0.3, -0.25) is 9.59 Å². The molecule has 0 saturated heterocycles. The maximum absolute atomic E-state index is 11.8. The van der Waals surface area contributed by atoms with E-state index < -0.39 is 37.0 Å². The lowest BCUT2D eigenvalue weighted by atomic mass is 10.1.